The van der Waals surface area contributed by atoms with E-state index in [2.05, 4.69) is 37.3 Å². The second-order valence-electron chi connectivity index (χ2n) is 4.36. The number of nitrogens with zero attached hydrogens (tertiary/aromatic N) is 3. The molecule has 4 heteroatoms. The SMILES string of the molecule is CCC(C)C(C)Nc1c(C#N)c(C)nn1C. The van der Waals surface area contributed by atoms with Crippen LogP contribution in [0.25, 0.3) is 0 Å². The number of hydrogen-bond acceptors (Lipinski definition) is 3. The van der Waals surface area contributed by atoms with E-state index in [1.165, 1.54) is 0 Å². The summed E-state index contributed by atoms with van der Waals surface area (Å²) in [5.74, 6) is 1.40. The summed E-state index contributed by atoms with van der Waals surface area (Å²) >= 11 is 0. The fraction of sp³-hybridized carbons (Fsp3) is 0.667. The molecule has 0 amide bonds. The van der Waals surface area contributed by atoms with E-state index in [1.807, 2.05) is 14.0 Å². The number of rotatable bonds is 4. The summed E-state index contributed by atoms with van der Waals surface area (Å²) in [7, 11) is 1.86. The highest BCUT2D eigenvalue weighted by molar-refractivity contribution is 5.55. The lowest BCUT2D eigenvalue weighted by Gasteiger charge is -2.21. The zero-order valence-corrected chi connectivity index (χ0v) is 10.7. The van der Waals surface area contributed by atoms with Gasteiger partial charge in [0.25, 0.3) is 0 Å². The largest absolute Gasteiger partial charge is 0.366 e. The molecule has 88 valence electrons. The van der Waals surface area contributed by atoms with Crippen molar-refractivity contribution in [3.63, 3.8) is 0 Å². The second kappa shape index (κ2) is 5.02. The van der Waals surface area contributed by atoms with Gasteiger partial charge in [-0.25, -0.2) is 0 Å². The van der Waals surface area contributed by atoms with Crippen molar-refractivity contribution in [2.24, 2.45) is 13.0 Å². The molecule has 1 heterocycles. The molecular formula is C12H20N4. The summed E-state index contributed by atoms with van der Waals surface area (Å²) in [6, 6.07) is 2.54. The number of anilines is 1. The number of hydrogen-bond donors (Lipinski definition) is 1. The molecule has 0 bridgehead atoms. The Balaban J connectivity index is 2.93. The minimum Gasteiger partial charge on any atom is -0.366 e. The molecule has 16 heavy (non-hydrogen) atoms. The third kappa shape index (κ3) is 2.35. The van der Waals surface area contributed by atoms with Crippen molar-refractivity contribution < 1.29 is 0 Å². The summed E-state index contributed by atoms with van der Waals surface area (Å²) in [5.41, 5.74) is 1.43. The molecule has 0 aromatic carbocycles. The van der Waals surface area contributed by atoms with E-state index in [0.717, 1.165) is 17.9 Å². The average Bonchev–Trinajstić information content (AvgIpc) is 2.52. The van der Waals surface area contributed by atoms with Gasteiger partial charge in [-0.2, -0.15) is 10.4 Å². The minimum atomic E-state index is 0.340. The normalized spacial score (nSPS) is 14.2. The van der Waals surface area contributed by atoms with Gasteiger partial charge in [-0.15, -0.1) is 0 Å². The number of nitriles is 1. The van der Waals surface area contributed by atoms with Gasteiger partial charge in [0.1, 0.15) is 17.5 Å². The van der Waals surface area contributed by atoms with E-state index < -0.39 is 0 Å². The van der Waals surface area contributed by atoms with E-state index in [0.29, 0.717) is 17.5 Å². The van der Waals surface area contributed by atoms with Gasteiger partial charge < -0.3 is 5.32 Å². The summed E-state index contributed by atoms with van der Waals surface area (Å²) in [6.07, 6.45) is 1.12. The van der Waals surface area contributed by atoms with Crippen molar-refractivity contribution in [3.8, 4) is 6.07 Å². The summed E-state index contributed by atoms with van der Waals surface area (Å²) in [6.45, 7) is 8.37. The molecule has 0 saturated carbocycles. The van der Waals surface area contributed by atoms with E-state index in [-0.39, 0.29) is 0 Å². The van der Waals surface area contributed by atoms with Gasteiger partial charge >= 0.3 is 0 Å². The van der Waals surface area contributed by atoms with Crippen molar-refractivity contribution in [1.29, 1.82) is 5.26 Å². The smallest absolute Gasteiger partial charge is 0.142 e. The molecule has 0 fully saturated rings. The predicted molar refractivity (Wildman–Crippen MR) is 65.2 cm³/mol. The zero-order valence-electron chi connectivity index (χ0n) is 10.7. The molecule has 1 aromatic heterocycles. The van der Waals surface area contributed by atoms with Crippen molar-refractivity contribution in [2.75, 3.05) is 5.32 Å². The standard InChI is InChI=1S/C12H20N4/c1-6-8(2)9(3)14-12-11(7-13)10(4)15-16(12)5/h8-9,14H,6H2,1-5H3. The Morgan fingerprint density at radius 1 is 1.50 bits per heavy atom. The minimum absolute atomic E-state index is 0.340. The monoisotopic (exact) mass is 220 g/mol. The van der Waals surface area contributed by atoms with Gasteiger partial charge in [-0.1, -0.05) is 20.3 Å². The van der Waals surface area contributed by atoms with Gasteiger partial charge in [-0.3, -0.25) is 4.68 Å². The van der Waals surface area contributed by atoms with Crippen LogP contribution in [0.5, 0.6) is 0 Å². The molecule has 0 saturated heterocycles. The predicted octanol–water partition coefficient (Wildman–Crippen LogP) is 2.45. The lowest BCUT2D eigenvalue weighted by Crippen LogP contribution is -2.25. The molecular weight excluding hydrogens is 200 g/mol. The molecule has 1 aromatic rings. The van der Waals surface area contributed by atoms with Crippen LogP contribution in [-0.4, -0.2) is 15.8 Å². The maximum Gasteiger partial charge on any atom is 0.142 e. The number of aromatic nitrogens is 2. The van der Waals surface area contributed by atoms with Crippen molar-refractivity contribution in [2.45, 2.75) is 40.2 Å². The van der Waals surface area contributed by atoms with Crippen molar-refractivity contribution in [1.82, 2.24) is 9.78 Å². The van der Waals surface area contributed by atoms with Crippen LogP contribution in [0.2, 0.25) is 0 Å². The average molecular weight is 220 g/mol. The summed E-state index contributed by atoms with van der Waals surface area (Å²) < 4.78 is 1.74. The van der Waals surface area contributed by atoms with E-state index in [9.17, 15) is 0 Å². The summed E-state index contributed by atoms with van der Waals surface area (Å²) in [5, 5.41) is 16.7. The Labute approximate surface area is 97.3 Å². The molecule has 0 aliphatic heterocycles. The molecule has 1 rings (SSSR count). The summed E-state index contributed by atoms with van der Waals surface area (Å²) in [4.78, 5) is 0. The topological polar surface area (TPSA) is 53.6 Å². The van der Waals surface area contributed by atoms with Crippen LogP contribution in [0.4, 0.5) is 5.82 Å². The Kier molecular flexibility index (Phi) is 3.94. The van der Waals surface area contributed by atoms with Crippen molar-refractivity contribution >= 4 is 5.82 Å². The van der Waals surface area contributed by atoms with E-state index >= 15 is 0 Å². The highest BCUT2D eigenvalue weighted by Gasteiger charge is 2.17. The molecule has 0 radical (unpaired) electrons. The highest BCUT2D eigenvalue weighted by atomic mass is 15.3. The van der Waals surface area contributed by atoms with Gasteiger partial charge in [0, 0.05) is 13.1 Å². The molecule has 4 nitrogen and oxygen atoms in total. The maximum absolute atomic E-state index is 9.08. The Morgan fingerprint density at radius 2 is 2.12 bits per heavy atom. The lowest BCUT2D eigenvalue weighted by molar-refractivity contribution is 0.491. The van der Waals surface area contributed by atoms with Gasteiger partial charge in [-0.05, 0) is 19.8 Å². The number of nitrogens with one attached hydrogen (secondary N) is 1. The van der Waals surface area contributed by atoms with Gasteiger partial charge in [0.2, 0.25) is 0 Å². The third-order valence-electron chi connectivity index (χ3n) is 3.20. The molecule has 2 atom stereocenters. The number of aryl methyl sites for hydroxylation is 2. The van der Waals surface area contributed by atoms with Crippen molar-refractivity contribution in [3.05, 3.63) is 11.3 Å². The molecule has 1 N–H and O–H groups in total. The second-order valence-corrected chi connectivity index (χ2v) is 4.36. The first-order valence-corrected chi connectivity index (χ1v) is 5.71. The Bertz CT molecular complexity index is 400. The third-order valence-corrected chi connectivity index (χ3v) is 3.20. The van der Waals surface area contributed by atoms with Crippen LogP contribution in [0.1, 0.15) is 38.4 Å². The first kappa shape index (κ1) is 12.6. The Hall–Kier alpha value is -1.50. The Morgan fingerprint density at radius 3 is 2.62 bits per heavy atom. The van der Waals surface area contributed by atoms with Crippen LogP contribution < -0.4 is 5.32 Å². The van der Waals surface area contributed by atoms with Gasteiger partial charge in [0.15, 0.2) is 0 Å². The van der Waals surface area contributed by atoms with E-state index in [1.54, 1.807) is 4.68 Å². The molecule has 0 aliphatic rings. The fourth-order valence-electron chi connectivity index (χ4n) is 1.67. The van der Waals surface area contributed by atoms with Crippen LogP contribution in [0.3, 0.4) is 0 Å². The highest BCUT2D eigenvalue weighted by Crippen LogP contribution is 2.20. The molecule has 2 unspecified atom stereocenters. The van der Waals surface area contributed by atoms with Crippen LogP contribution in [-0.2, 0) is 7.05 Å². The zero-order chi connectivity index (χ0) is 12.3. The van der Waals surface area contributed by atoms with E-state index in [4.69, 9.17) is 5.26 Å². The quantitative estimate of drug-likeness (QED) is 0.848. The van der Waals surface area contributed by atoms with Gasteiger partial charge in [0.05, 0.1) is 5.69 Å². The fourth-order valence-corrected chi connectivity index (χ4v) is 1.67. The molecule has 0 aliphatic carbocycles. The van der Waals surface area contributed by atoms with Crippen LogP contribution in [0, 0.1) is 24.2 Å². The first-order valence-electron chi connectivity index (χ1n) is 5.71. The van der Waals surface area contributed by atoms with Crippen LogP contribution >= 0.6 is 0 Å². The first-order chi connectivity index (χ1) is 7.51. The van der Waals surface area contributed by atoms with Crippen LogP contribution in [0.15, 0.2) is 0 Å². The maximum atomic E-state index is 9.08. The molecule has 0 spiro atoms. The lowest BCUT2D eigenvalue weighted by atomic mass is 10.0.